The Hall–Kier alpha value is -1.88. The molecule has 0 bridgehead atoms. The largest absolute Gasteiger partial charge is 0.481 e. The molecule has 0 aliphatic carbocycles. The normalized spacial score (nSPS) is 11.8. The second-order valence-electron chi connectivity index (χ2n) is 3.83. The Bertz CT molecular complexity index is 391. The van der Waals surface area contributed by atoms with Crippen LogP contribution in [0.4, 0.5) is 0 Å². The van der Waals surface area contributed by atoms with Gasteiger partial charge in [0.2, 0.25) is 5.91 Å². The van der Waals surface area contributed by atoms with Gasteiger partial charge in [-0.2, -0.15) is 0 Å². The van der Waals surface area contributed by atoms with E-state index in [0.717, 1.165) is 5.56 Å². The highest BCUT2D eigenvalue weighted by molar-refractivity contribution is 5.80. The molecule has 0 unspecified atom stereocenters. The maximum atomic E-state index is 11.4. The van der Waals surface area contributed by atoms with Crippen molar-refractivity contribution < 1.29 is 19.4 Å². The van der Waals surface area contributed by atoms with Gasteiger partial charge < -0.3 is 15.2 Å². The van der Waals surface area contributed by atoms with Crippen LogP contribution in [0, 0.1) is 0 Å². The minimum absolute atomic E-state index is 0.0133. The fraction of sp³-hybridized carbons (Fsp3) is 0.385. The summed E-state index contributed by atoms with van der Waals surface area (Å²) in [5.74, 6) is -1.26. The standard InChI is InChI=1S/C13H17NO4/c1-18-11(10-5-3-2-4-6-10)9-14-12(15)7-8-13(16)17/h2-6,11H,7-9H2,1H3,(H,14,15)(H,16,17)/t11-/m0/s1. The lowest BCUT2D eigenvalue weighted by Crippen LogP contribution is -2.29. The monoisotopic (exact) mass is 251 g/mol. The zero-order valence-corrected chi connectivity index (χ0v) is 10.3. The lowest BCUT2D eigenvalue weighted by Gasteiger charge is -2.16. The SMILES string of the molecule is CO[C@@H](CNC(=O)CCC(=O)O)c1ccccc1. The van der Waals surface area contributed by atoms with Gasteiger partial charge in [-0.05, 0) is 5.56 Å². The van der Waals surface area contributed by atoms with Crippen molar-refractivity contribution in [2.75, 3.05) is 13.7 Å². The van der Waals surface area contributed by atoms with Gasteiger partial charge in [-0.25, -0.2) is 0 Å². The van der Waals surface area contributed by atoms with Crippen molar-refractivity contribution in [1.29, 1.82) is 0 Å². The first-order valence-corrected chi connectivity index (χ1v) is 5.69. The van der Waals surface area contributed by atoms with Gasteiger partial charge in [0.25, 0.3) is 0 Å². The highest BCUT2D eigenvalue weighted by Gasteiger charge is 2.12. The predicted molar refractivity (Wildman–Crippen MR) is 66.1 cm³/mol. The van der Waals surface area contributed by atoms with E-state index in [2.05, 4.69) is 5.32 Å². The molecule has 1 aromatic rings. The molecule has 0 radical (unpaired) electrons. The highest BCUT2D eigenvalue weighted by Crippen LogP contribution is 2.14. The number of ether oxygens (including phenoxy) is 1. The van der Waals surface area contributed by atoms with Crippen molar-refractivity contribution in [2.24, 2.45) is 0 Å². The quantitative estimate of drug-likeness (QED) is 0.767. The van der Waals surface area contributed by atoms with Crippen molar-refractivity contribution in [3.05, 3.63) is 35.9 Å². The van der Waals surface area contributed by atoms with Crippen molar-refractivity contribution in [3.63, 3.8) is 0 Å². The summed E-state index contributed by atoms with van der Waals surface area (Å²) in [7, 11) is 1.57. The lowest BCUT2D eigenvalue weighted by molar-refractivity contribution is -0.138. The van der Waals surface area contributed by atoms with Crippen LogP contribution in [0.3, 0.4) is 0 Å². The Labute approximate surface area is 106 Å². The van der Waals surface area contributed by atoms with Crippen molar-refractivity contribution in [3.8, 4) is 0 Å². The Morgan fingerprint density at radius 2 is 1.94 bits per heavy atom. The van der Waals surface area contributed by atoms with Gasteiger partial charge in [0.05, 0.1) is 12.5 Å². The van der Waals surface area contributed by atoms with Crippen LogP contribution >= 0.6 is 0 Å². The number of methoxy groups -OCH3 is 1. The predicted octanol–water partition coefficient (Wildman–Crippen LogP) is 1.36. The smallest absolute Gasteiger partial charge is 0.303 e. The summed E-state index contributed by atoms with van der Waals surface area (Å²) in [5.41, 5.74) is 0.971. The molecule has 0 aromatic heterocycles. The number of hydrogen-bond donors (Lipinski definition) is 2. The average molecular weight is 251 g/mol. The van der Waals surface area contributed by atoms with E-state index in [0.29, 0.717) is 6.54 Å². The van der Waals surface area contributed by atoms with E-state index in [-0.39, 0.29) is 24.9 Å². The molecule has 1 rings (SSSR count). The Morgan fingerprint density at radius 3 is 2.50 bits per heavy atom. The van der Waals surface area contributed by atoms with E-state index >= 15 is 0 Å². The summed E-state index contributed by atoms with van der Waals surface area (Å²) in [6.07, 6.45) is -0.393. The van der Waals surface area contributed by atoms with E-state index in [1.807, 2.05) is 30.3 Å². The lowest BCUT2D eigenvalue weighted by atomic mass is 10.1. The van der Waals surface area contributed by atoms with Crippen molar-refractivity contribution >= 4 is 11.9 Å². The number of amides is 1. The number of benzene rings is 1. The third kappa shape index (κ3) is 4.97. The van der Waals surface area contributed by atoms with Crippen LogP contribution < -0.4 is 5.32 Å². The summed E-state index contributed by atoms with van der Waals surface area (Å²) in [4.78, 5) is 21.7. The average Bonchev–Trinajstić information content (AvgIpc) is 2.38. The number of hydrogen-bond acceptors (Lipinski definition) is 3. The maximum absolute atomic E-state index is 11.4. The van der Waals surface area contributed by atoms with Gasteiger partial charge in [-0.15, -0.1) is 0 Å². The minimum Gasteiger partial charge on any atom is -0.481 e. The maximum Gasteiger partial charge on any atom is 0.303 e. The summed E-state index contributed by atoms with van der Waals surface area (Å²) in [6.45, 7) is 0.332. The molecule has 1 amide bonds. The molecule has 0 aliphatic rings. The molecule has 18 heavy (non-hydrogen) atoms. The van der Waals surface area contributed by atoms with E-state index in [9.17, 15) is 9.59 Å². The molecule has 0 fully saturated rings. The van der Waals surface area contributed by atoms with Crippen LogP contribution in [0.5, 0.6) is 0 Å². The van der Waals surface area contributed by atoms with E-state index < -0.39 is 5.97 Å². The number of carbonyl (C=O) groups excluding carboxylic acids is 1. The molecule has 0 saturated carbocycles. The second kappa shape index (κ2) is 7.45. The van der Waals surface area contributed by atoms with Crippen LogP contribution in [0.2, 0.25) is 0 Å². The summed E-state index contributed by atoms with van der Waals surface area (Å²) in [5, 5.41) is 11.1. The number of rotatable bonds is 7. The molecule has 0 heterocycles. The molecule has 0 saturated heterocycles. The van der Waals surface area contributed by atoms with Gasteiger partial charge in [-0.3, -0.25) is 9.59 Å². The van der Waals surface area contributed by atoms with E-state index in [1.54, 1.807) is 7.11 Å². The van der Waals surface area contributed by atoms with Crippen molar-refractivity contribution in [2.45, 2.75) is 18.9 Å². The highest BCUT2D eigenvalue weighted by atomic mass is 16.5. The number of carbonyl (C=O) groups is 2. The number of nitrogens with one attached hydrogen (secondary N) is 1. The van der Waals surface area contributed by atoms with Crippen LogP contribution in [0.15, 0.2) is 30.3 Å². The molecule has 5 nitrogen and oxygen atoms in total. The molecule has 2 N–H and O–H groups in total. The Balaban J connectivity index is 2.41. The molecule has 1 aromatic carbocycles. The van der Waals surface area contributed by atoms with E-state index in [4.69, 9.17) is 9.84 Å². The number of carboxylic acids is 1. The number of carboxylic acid groups (broad SMARTS) is 1. The third-order valence-corrected chi connectivity index (χ3v) is 2.51. The van der Waals surface area contributed by atoms with Gasteiger partial charge in [0.15, 0.2) is 0 Å². The fourth-order valence-corrected chi connectivity index (χ4v) is 1.52. The third-order valence-electron chi connectivity index (χ3n) is 2.51. The first-order valence-electron chi connectivity index (χ1n) is 5.69. The van der Waals surface area contributed by atoms with Gasteiger partial charge >= 0.3 is 5.97 Å². The first kappa shape index (κ1) is 14.2. The molecule has 1 atom stereocenters. The molecular weight excluding hydrogens is 234 g/mol. The van der Waals surface area contributed by atoms with Crippen LogP contribution in [-0.2, 0) is 14.3 Å². The minimum atomic E-state index is -0.975. The molecule has 0 spiro atoms. The first-order chi connectivity index (χ1) is 8.63. The molecule has 98 valence electrons. The van der Waals surface area contributed by atoms with Crippen molar-refractivity contribution in [1.82, 2.24) is 5.32 Å². The molecule has 0 aliphatic heterocycles. The Kier molecular flexibility index (Phi) is 5.87. The molecule has 5 heteroatoms. The number of aliphatic carboxylic acids is 1. The van der Waals surface area contributed by atoms with Gasteiger partial charge in [-0.1, -0.05) is 30.3 Å². The summed E-state index contributed by atoms with van der Waals surface area (Å²) >= 11 is 0. The topological polar surface area (TPSA) is 75.6 Å². The zero-order chi connectivity index (χ0) is 13.4. The summed E-state index contributed by atoms with van der Waals surface area (Å²) in [6, 6.07) is 9.53. The Morgan fingerprint density at radius 1 is 1.28 bits per heavy atom. The van der Waals surface area contributed by atoms with Crippen LogP contribution in [0.25, 0.3) is 0 Å². The van der Waals surface area contributed by atoms with Crippen LogP contribution in [0.1, 0.15) is 24.5 Å². The fourth-order valence-electron chi connectivity index (χ4n) is 1.52. The summed E-state index contributed by atoms with van der Waals surface area (Å²) < 4.78 is 5.28. The van der Waals surface area contributed by atoms with E-state index in [1.165, 1.54) is 0 Å². The second-order valence-corrected chi connectivity index (χ2v) is 3.83. The van der Waals surface area contributed by atoms with Gasteiger partial charge in [0.1, 0.15) is 0 Å². The van der Waals surface area contributed by atoms with Crippen LogP contribution in [-0.4, -0.2) is 30.6 Å². The molecular formula is C13H17NO4. The van der Waals surface area contributed by atoms with Gasteiger partial charge in [0, 0.05) is 20.1 Å². The zero-order valence-electron chi connectivity index (χ0n) is 10.3.